The predicted molar refractivity (Wildman–Crippen MR) is 41.2 cm³/mol. The van der Waals surface area contributed by atoms with E-state index in [0.29, 0.717) is 0 Å². The Hall–Kier alpha value is -1.99. The zero-order valence-corrected chi connectivity index (χ0v) is 7.80. The average Bonchev–Trinajstić information content (AvgIpc) is 1.79. The lowest BCUT2D eigenvalue weighted by Gasteiger charge is -1.87. The predicted octanol–water partition coefficient (Wildman–Crippen LogP) is -0.163. The first kappa shape index (κ1) is 14.5. The van der Waals surface area contributed by atoms with Crippen molar-refractivity contribution in [1.82, 2.24) is 0 Å². The Morgan fingerprint density at radius 3 is 1.36 bits per heavy atom. The van der Waals surface area contributed by atoms with Gasteiger partial charge in [0.15, 0.2) is 0 Å². The fourth-order valence-electron chi connectivity index (χ4n) is 0.307. The van der Waals surface area contributed by atoms with Crippen LogP contribution in [0.4, 0.5) is 0 Å². The second kappa shape index (κ2) is 7.65. The van der Waals surface area contributed by atoms with Crippen LogP contribution in [-0.4, -0.2) is 23.0 Å². The molecule has 0 unspecified atom stereocenters. The van der Waals surface area contributed by atoms with Crippen LogP contribution in [-0.2, 0) is 24.0 Å². The summed E-state index contributed by atoms with van der Waals surface area (Å²) in [4.78, 5) is 41.7. The SMILES string of the molecule is CC(=O)OC(C)=O.CC(=O)O[N+](=O)[O-]. The standard InChI is InChI=1S/C4H6O3.C2H3NO4/c1-3(5)7-4(2)6;1-2(4)7-3(5)6/h1-2H3;1H3. The van der Waals surface area contributed by atoms with Gasteiger partial charge in [0, 0.05) is 20.8 Å². The summed E-state index contributed by atoms with van der Waals surface area (Å²) in [6.07, 6.45) is 0. The molecule has 0 heterocycles. The van der Waals surface area contributed by atoms with E-state index in [0.717, 1.165) is 6.92 Å². The van der Waals surface area contributed by atoms with Gasteiger partial charge in [0.1, 0.15) is 0 Å². The van der Waals surface area contributed by atoms with Gasteiger partial charge in [-0.3, -0.25) is 14.4 Å². The molecule has 0 fully saturated rings. The highest BCUT2D eigenvalue weighted by atomic mass is 17.0. The van der Waals surface area contributed by atoms with E-state index < -0.39 is 23.0 Å². The van der Waals surface area contributed by atoms with E-state index in [2.05, 4.69) is 9.57 Å². The van der Waals surface area contributed by atoms with Crippen LogP contribution in [0.25, 0.3) is 0 Å². The molecule has 0 saturated heterocycles. The largest absolute Gasteiger partial charge is 0.394 e. The molecule has 0 aliphatic carbocycles. The third-order valence-electron chi connectivity index (χ3n) is 0.491. The summed E-state index contributed by atoms with van der Waals surface area (Å²) in [6, 6.07) is 0. The Morgan fingerprint density at radius 1 is 1.00 bits per heavy atom. The average molecular weight is 207 g/mol. The minimum absolute atomic E-state index is 0.562. The first-order valence-electron chi connectivity index (χ1n) is 3.27. The van der Waals surface area contributed by atoms with E-state index in [9.17, 15) is 24.5 Å². The van der Waals surface area contributed by atoms with Gasteiger partial charge >= 0.3 is 23.0 Å². The van der Waals surface area contributed by atoms with Crippen LogP contribution >= 0.6 is 0 Å². The molecule has 0 spiro atoms. The molecule has 0 aliphatic rings. The second-order valence-electron chi connectivity index (χ2n) is 1.89. The molecule has 0 aromatic heterocycles. The molecule has 0 aromatic rings. The Kier molecular flexibility index (Phi) is 7.94. The lowest BCUT2D eigenvalue weighted by molar-refractivity contribution is -0.729. The quantitative estimate of drug-likeness (QED) is 0.254. The van der Waals surface area contributed by atoms with Crippen molar-refractivity contribution in [3.05, 3.63) is 10.1 Å². The highest BCUT2D eigenvalue weighted by Crippen LogP contribution is 1.74. The fraction of sp³-hybridized carbons (Fsp3) is 0.500. The van der Waals surface area contributed by atoms with Crippen molar-refractivity contribution in [3.63, 3.8) is 0 Å². The van der Waals surface area contributed by atoms with Gasteiger partial charge in [0.2, 0.25) is 0 Å². The van der Waals surface area contributed by atoms with Crippen LogP contribution in [0, 0.1) is 10.1 Å². The van der Waals surface area contributed by atoms with Gasteiger partial charge < -0.3 is 4.74 Å². The van der Waals surface area contributed by atoms with E-state index in [-0.39, 0.29) is 0 Å². The molecule has 0 saturated carbocycles. The lowest BCUT2D eigenvalue weighted by atomic mass is 10.7. The molecular formula is C6H9NO7. The maximum atomic E-state index is 9.81. The zero-order valence-electron chi connectivity index (χ0n) is 7.80. The molecule has 0 amide bonds. The van der Waals surface area contributed by atoms with E-state index in [1.165, 1.54) is 13.8 Å². The van der Waals surface area contributed by atoms with E-state index in [1.54, 1.807) is 0 Å². The number of nitrogens with zero attached hydrogens (tertiary/aromatic N) is 1. The maximum absolute atomic E-state index is 9.81. The molecule has 0 N–H and O–H groups in total. The number of carbonyl (C=O) groups excluding carboxylic acids is 3. The summed E-state index contributed by atoms with van der Waals surface area (Å²) in [7, 11) is 0. The monoisotopic (exact) mass is 207 g/mol. The van der Waals surface area contributed by atoms with E-state index in [1.807, 2.05) is 0 Å². The summed E-state index contributed by atoms with van der Waals surface area (Å²) in [6.45, 7) is 3.32. The topological polar surface area (TPSA) is 113 Å². The molecule has 14 heavy (non-hydrogen) atoms. The van der Waals surface area contributed by atoms with E-state index in [4.69, 9.17) is 0 Å². The summed E-state index contributed by atoms with van der Waals surface area (Å²) in [5.41, 5.74) is 0. The van der Waals surface area contributed by atoms with Crippen LogP contribution in [0.3, 0.4) is 0 Å². The molecule has 0 aliphatic heterocycles. The van der Waals surface area contributed by atoms with Crippen molar-refractivity contribution in [3.8, 4) is 0 Å². The number of esters is 2. The van der Waals surface area contributed by atoms with Crippen molar-refractivity contribution in [2.75, 3.05) is 0 Å². The van der Waals surface area contributed by atoms with E-state index >= 15 is 0 Å². The van der Waals surface area contributed by atoms with Gasteiger partial charge in [-0.25, -0.2) is 4.84 Å². The van der Waals surface area contributed by atoms with Crippen molar-refractivity contribution < 1.29 is 29.0 Å². The molecule has 8 nitrogen and oxygen atoms in total. The number of carbonyl (C=O) groups is 3. The number of hydrogen-bond acceptors (Lipinski definition) is 7. The number of hydrogen-bond donors (Lipinski definition) is 0. The molecule has 0 radical (unpaired) electrons. The summed E-state index contributed by atoms with van der Waals surface area (Å²) >= 11 is 0. The van der Waals surface area contributed by atoms with Crippen molar-refractivity contribution in [2.45, 2.75) is 20.8 Å². The minimum Gasteiger partial charge on any atom is -0.394 e. The van der Waals surface area contributed by atoms with Crippen molar-refractivity contribution in [1.29, 1.82) is 0 Å². The van der Waals surface area contributed by atoms with Gasteiger partial charge in [-0.2, -0.15) is 0 Å². The lowest BCUT2D eigenvalue weighted by Crippen LogP contribution is -2.04. The molecule has 80 valence electrons. The van der Waals surface area contributed by atoms with Crippen LogP contribution in [0.5, 0.6) is 0 Å². The van der Waals surface area contributed by atoms with Gasteiger partial charge in [0.05, 0.1) is 0 Å². The van der Waals surface area contributed by atoms with Crippen LogP contribution in [0.2, 0.25) is 0 Å². The Balaban J connectivity index is 0. The maximum Gasteiger partial charge on any atom is 0.310 e. The first-order chi connectivity index (χ1) is 6.25. The van der Waals surface area contributed by atoms with Crippen molar-refractivity contribution in [2.24, 2.45) is 0 Å². The Bertz CT molecular complexity index is 197. The summed E-state index contributed by atoms with van der Waals surface area (Å²) < 4.78 is 3.97. The van der Waals surface area contributed by atoms with Crippen LogP contribution in [0.1, 0.15) is 20.8 Å². The van der Waals surface area contributed by atoms with Gasteiger partial charge in [-0.1, -0.05) is 0 Å². The minimum atomic E-state index is -1.15. The second-order valence-corrected chi connectivity index (χ2v) is 1.89. The molecule has 8 heteroatoms. The molecule has 0 aromatic carbocycles. The fourth-order valence-corrected chi connectivity index (χ4v) is 0.307. The first-order valence-corrected chi connectivity index (χ1v) is 3.27. The third-order valence-corrected chi connectivity index (χ3v) is 0.491. The molecule has 0 bridgehead atoms. The van der Waals surface area contributed by atoms with Crippen LogP contribution in [0.15, 0.2) is 0 Å². The normalized spacial score (nSPS) is 7.64. The van der Waals surface area contributed by atoms with Gasteiger partial charge in [-0.05, 0) is 0 Å². The molecule has 0 atom stereocenters. The zero-order chi connectivity index (χ0) is 11.7. The highest BCUT2D eigenvalue weighted by Gasteiger charge is 1.96. The number of rotatable bonds is 1. The molecule has 0 rings (SSSR count). The highest BCUT2D eigenvalue weighted by molar-refractivity contribution is 5.82. The Labute approximate surface area is 78.9 Å². The summed E-state index contributed by atoms with van der Waals surface area (Å²) in [5, 5.41) is 8.02. The van der Waals surface area contributed by atoms with Crippen LogP contribution < -0.4 is 0 Å². The molecular weight excluding hydrogens is 198 g/mol. The Morgan fingerprint density at radius 2 is 1.36 bits per heavy atom. The van der Waals surface area contributed by atoms with Gasteiger partial charge in [-0.15, -0.1) is 10.1 Å². The van der Waals surface area contributed by atoms with Crippen molar-refractivity contribution >= 4 is 17.9 Å². The van der Waals surface area contributed by atoms with Gasteiger partial charge in [0.25, 0.3) is 0 Å². The smallest absolute Gasteiger partial charge is 0.310 e. The number of ether oxygens (including phenoxy) is 1. The third kappa shape index (κ3) is 22.5. The summed E-state index contributed by atoms with van der Waals surface area (Å²) in [5.74, 6) is -2.04.